The van der Waals surface area contributed by atoms with Crippen LogP contribution in [0.5, 0.6) is 0 Å². The summed E-state index contributed by atoms with van der Waals surface area (Å²) in [5.74, 6) is 3.54. The number of alkyl carbamates (subject to hydrolysis) is 2. The molecule has 0 saturated heterocycles. The highest BCUT2D eigenvalue weighted by molar-refractivity contribution is 5.91. The van der Waals surface area contributed by atoms with E-state index in [2.05, 4.69) is 93.4 Å². The van der Waals surface area contributed by atoms with Gasteiger partial charge in [-0.15, -0.1) is 12.3 Å². The number of aliphatic hydroxyl groups is 1. The number of nitrogens with zero attached hydrogens (tertiary/aromatic N) is 4. The quantitative estimate of drug-likeness (QED) is 0.0455. The summed E-state index contributed by atoms with van der Waals surface area (Å²) in [4.78, 5) is 54.2. The number of nitrogens with one attached hydrogen (secondary N) is 4. The van der Waals surface area contributed by atoms with Crippen LogP contribution < -0.4 is 16.0 Å². The number of ether oxygens (including phenoxy) is 2. The van der Waals surface area contributed by atoms with E-state index in [-0.39, 0.29) is 24.4 Å². The zero-order valence-corrected chi connectivity index (χ0v) is 36.9. The van der Waals surface area contributed by atoms with Gasteiger partial charge in [0.1, 0.15) is 23.9 Å². The molecule has 63 heavy (non-hydrogen) atoms. The highest BCUT2D eigenvalue weighted by Crippen LogP contribution is 2.30. The molecular weight excluding hydrogens is 797 g/mol. The molecular formula is C49H58N8O6. The molecule has 0 aliphatic carbocycles. The fourth-order valence-electron chi connectivity index (χ4n) is 7.79. The number of aliphatic imine (C=N–C) groups is 1. The molecule has 4 aromatic carbocycles. The molecule has 1 aliphatic rings. The number of terminal acetylenes is 1. The Kier molecular flexibility index (Phi) is 15.6. The highest BCUT2D eigenvalue weighted by Gasteiger charge is 2.32. The van der Waals surface area contributed by atoms with Crippen molar-refractivity contribution in [1.29, 1.82) is 0 Å². The predicted octanol–water partition coefficient (Wildman–Crippen LogP) is 7.11. The molecule has 3 unspecified atom stereocenters. The minimum Gasteiger partial charge on any atom is -0.453 e. The number of aromatic amines is 1. The zero-order chi connectivity index (χ0) is 45.0. The maximum absolute atomic E-state index is 13.6. The fraction of sp³-hybridized carbons (Fsp3) is 0.367. The van der Waals surface area contributed by atoms with Crippen molar-refractivity contribution in [3.05, 3.63) is 114 Å². The van der Waals surface area contributed by atoms with Crippen LogP contribution in [0.1, 0.15) is 68.2 Å². The van der Waals surface area contributed by atoms with Gasteiger partial charge in [-0.2, -0.15) is 0 Å². The van der Waals surface area contributed by atoms with Gasteiger partial charge < -0.3 is 40.4 Å². The fourth-order valence-corrected chi connectivity index (χ4v) is 7.79. The molecule has 2 heterocycles. The lowest BCUT2D eigenvalue weighted by molar-refractivity contribution is -0.135. The van der Waals surface area contributed by atoms with Crippen molar-refractivity contribution in [3.8, 4) is 34.7 Å². The Morgan fingerprint density at radius 2 is 1.59 bits per heavy atom. The van der Waals surface area contributed by atoms with E-state index in [0.29, 0.717) is 38.4 Å². The molecule has 5 aromatic rings. The number of aliphatic hydroxyl groups excluding tert-OH is 1. The van der Waals surface area contributed by atoms with Crippen molar-refractivity contribution in [2.45, 2.75) is 71.4 Å². The number of H-pyrrole nitrogens is 1. The number of rotatable bonds is 18. The number of hydrogen-bond acceptors (Lipinski definition) is 10. The van der Waals surface area contributed by atoms with Crippen LogP contribution in [-0.4, -0.2) is 101 Å². The molecule has 3 amide bonds. The molecule has 14 heteroatoms. The number of carbonyl (C=O) groups excluding carboxylic acids is 3. The van der Waals surface area contributed by atoms with E-state index in [1.54, 1.807) is 11.1 Å². The van der Waals surface area contributed by atoms with Gasteiger partial charge in [0.2, 0.25) is 5.91 Å². The number of benzene rings is 4. The van der Waals surface area contributed by atoms with Gasteiger partial charge in [-0.3, -0.25) is 14.7 Å². The summed E-state index contributed by atoms with van der Waals surface area (Å²) in [6, 6.07) is 27.4. The predicted molar refractivity (Wildman–Crippen MR) is 246 cm³/mol. The number of amidine groups is 1. The lowest BCUT2D eigenvalue weighted by Crippen LogP contribution is -2.51. The van der Waals surface area contributed by atoms with Crippen molar-refractivity contribution in [2.75, 3.05) is 40.4 Å². The number of amides is 3. The Morgan fingerprint density at radius 1 is 0.905 bits per heavy atom. The van der Waals surface area contributed by atoms with Crippen LogP contribution >= 0.6 is 0 Å². The van der Waals surface area contributed by atoms with Gasteiger partial charge in [0, 0.05) is 25.1 Å². The molecule has 0 radical (unpaired) electrons. The third-order valence-electron chi connectivity index (χ3n) is 11.2. The largest absolute Gasteiger partial charge is 0.453 e. The number of methoxy groups -OCH3 is 2. The van der Waals surface area contributed by atoms with Crippen molar-refractivity contribution >= 4 is 34.7 Å². The Labute approximate surface area is 369 Å². The Balaban J connectivity index is 1.09. The molecule has 5 N–H and O–H groups in total. The first-order chi connectivity index (χ1) is 30.4. The van der Waals surface area contributed by atoms with E-state index < -0.39 is 30.5 Å². The van der Waals surface area contributed by atoms with Gasteiger partial charge in [0.05, 0.1) is 57.8 Å². The first kappa shape index (κ1) is 45.8. The monoisotopic (exact) mass is 854 g/mol. The number of aryl methyl sites for hydroxylation is 1. The van der Waals surface area contributed by atoms with Gasteiger partial charge in [0.25, 0.3) is 0 Å². The molecule has 330 valence electrons. The summed E-state index contributed by atoms with van der Waals surface area (Å²) in [6.07, 6.45) is 6.15. The van der Waals surface area contributed by atoms with Gasteiger partial charge in [-0.25, -0.2) is 14.6 Å². The van der Waals surface area contributed by atoms with E-state index in [4.69, 9.17) is 20.9 Å². The van der Waals surface area contributed by atoms with Crippen molar-refractivity contribution in [3.63, 3.8) is 0 Å². The Hall–Kier alpha value is -6.69. The molecule has 1 aromatic heterocycles. The summed E-state index contributed by atoms with van der Waals surface area (Å²) in [6.45, 7) is 9.80. The summed E-state index contributed by atoms with van der Waals surface area (Å²) in [7, 11) is 2.58. The molecule has 0 saturated carbocycles. The van der Waals surface area contributed by atoms with E-state index in [0.717, 1.165) is 62.1 Å². The highest BCUT2D eigenvalue weighted by atomic mass is 16.5. The molecule has 14 nitrogen and oxygen atoms in total. The minimum atomic E-state index is -1.02. The van der Waals surface area contributed by atoms with Crippen LogP contribution in [0.3, 0.4) is 0 Å². The minimum absolute atomic E-state index is 0.0134. The smallest absolute Gasteiger partial charge is 0.407 e. The Bertz CT molecular complexity index is 2440. The normalized spacial score (nSPS) is 14.9. The molecule has 0 fully saturated rings. The average Bonchev–Trinajstić information content (AvgIpc) is 3.97. The van der Waals surface area contributed by atoms with Crippen LogP contribution in [-0.2, 0) is 20.8 Å². The SMILES string of the molecule is C#CCCN(Cc1ncc(-c2ccc3cc(-c4ccc(C5CN=C(CN(CCC)C(O)C(NC(=O)OC)c6cccc(C)c6)N5)cc4)ccc3c2)[nH]1)C(=O)[C@@H](NC(=O)OC)C(C)C. The standard InChI is InChI=1S/C49H58N8O6/c1-8-10-23-57(46(58)44(31(3)4)54-48(60)62-6)30-43-51-28-41(53-43)38-21-20-36-25-35(18-19-37(36)26-38)33-14-16-34(17-15-33)40-27-50-42(52-40)29-56(22-9-2)47(59)45(55-49(61)63-7)39-13-11-12-32(5)24-39/h1,11-21,24-26,28,31,40,44-45,47,59H,9-10,22-23,27,29-30H2,2-7H3,(H,50,52)(H,51,53)(H,54,60)(H,55,61)/t40?,44-,45?,47?/m0/s1. The first-order valence-electron chi connectivity index (χ1n) is 21.3. The topological polar surface area (TPSA) is 174 Å². The molecule has 4 atom stereocenters. The zero-order valence-electron chi connectivity index (χ0n) is 36.9. The van der Waals surface area contributed by atoms with E-state index in [1.165, 1.54) is 14.2 Å². The van der Waals surface area contributed by atoms with Crippen molar-refractivity contribution < 1.29 is 29.0 Å². The van der Waals surface area contributed by atoms with Gasteiger partial charge in [-0.1, -0.05) is 99.1 Å². The van der Waals surface area contributed by atoms with Crippen LogP contribution in [0.25, 0.3) is 33.2 Å². The lowest BCUT2D eigenvalue weighted by Gasteiger charge is -2.34. The number of aromatic nitrogens is 2. The maximum Gasteiger partial charge on any atom is 0.407 e. The van der Waals surface area contributed by atoms with Crippen LogP contribution in [0.2, 0.25) is 0 Å². The number of imidazole rings is 1. The van der Waals surface area contributed by atoms with E-state index in [9.17, 15) is 19.5 Å². The van der Waals surface area contributed by atoms with Crippen LogP contribution in [0.4, 0.5) is 9.59 Å². The summed E-state index contributed by atoms with van der Waals surface area (Å²) < 4.78 is 9.64. The first-order valence-corrected chi connectivity index (χ1v) is 21.3. The van der Waals surface area contributed by atoms with Gasteiger partial charge in [0.15, 0.2) is 0 Å². The van der Waals surface area contributed by atoms with Crippen LogP contribution in [0, 0.1) is 25.2 Å². The second kappa shape index (κ2) is 21.4. The van der Waals surface area contributed by atoms with Crippen LogP contribution in [0.15, 0.2) is 96.1 Å². The third kappa shape index (κ3) is 11.6. The summed E-state index contributed by atoms with van der Waals surface area (Å²) in [5, 5.41) is 22.9. The lowest BCUT2D eigenvalue weighted by atomic mass is 9.97. The average molecular weight is 855 g/mol. The molecule has 6 rings (SSSR count). The number of hydrogen-bond donors (Lipinski definition) is 5. The van der Waals surface area contributed by atoms with Crippen molar-refractivity contribution in [1.82, 2.24) is 35.7 Å². The number of fused-ring (bicyclic) bond motifs is 1. The van der Waals surface area contributed by atoms with E-state index in [1.807, 2.05) is 56.0 Å². The van der Waals surface area contributed by atoms with E-state index >= 15 is 0 Å². The number of carbonyl (C=O) groups is 3. The Morgan fingerprint density at radius 3 is 2.25 bits per heavy atom. The second-order valence-electron chi connectivity index (χ2n) is 16.1. The maximum atomic E-state index is 13.6. The van der Waals surface area contributed by atoms with Gasteiger partial charge in [-0.05, 0) is 64.4 Å². The van der Waals surface area contributed by atoms with Crippen molar-refractivity contribution in [2.24, 2.45) is 10.9 Å². The summed E-state index contributed by atoms with van der Waals surface area (Å²) >= 11 is 0. The second-order valence-corrected chi connectivity index (χ2v) is 16.1. The molecule has 1 aliphatic heterocycles. The third-order valence-corrected chi connectivity index (χ3v) is 11.2. The summed E-state index contributed by atoms with van der Waals surface area (Å²) in [5.41, 5.74) is 6.86. The molecule has 0 bridgehead atoms. The van der Waals surface area contributed by atoms with Gasteiger partial charge >= 0.3 is 12.2 Å². The molecule has 0 spiro atoms.